The lowest BCUT2D eigenvalue weighted by molar-refractivity contribution is -0.148. The van der Waals surface area contributed by atoms with Gasteiger partial charge in [0, 0.05) is 47.2 Å². The van der Waals surface area contributed by atoms with Crippen LogP contribution in [0.25, 0.3) is 22.3 Å². The first-order valence-electron chi connectivity index (χ1n) is 31.4. The lowest BCUT2D eigenvalue weighted by atomic mass is 10.1. The van der Waals surface area contributed by atoms with Crippen molar-refractivity contribution in [1.82, 2.24) is 45.2 Å². The highest BCUT2D eigenvalue weighted by Crippen LogP contribution is 2.44. The molecule has 1 amide bonds. The van der Waals surface area contributed by atoms with E-state index in [-0.39, 0.29) is 66.3 Å². The van der Waals surface area contributed by atoms with Crippen LogP contribution in [0.3, 0.4) is 0 Å². The fourth-order valence-corrected chi connectivity index (χ4v) is 12.8. The van der Waals surface area contributed by atoms with Gasteiger partial charge in [0.2, 0.25) is 11.9 Å². The number of nitrogens with zero attached hydrogens (tertiary/aromatic N) is 10. The van der Waals surface area contributed by atoms with Gasteiger partial charge in [0.05, 0.1) is 73.9 Å². The van der Waals surface area contributed by atoms with E-state index >= 15 is 0 Å². The molecule has 4 aromatic heterocycles. The number of rotatable bonds is 31. The number of carboxylic acid groups (broad SMARTS) is 1. The highest BCUT2D eigenvalue weighted by atomic mass is 31.2. The first-order valence-corrected chi connectivity index (χ1v) is 42.4. The van der Waals surface area contributed by atoms with E-state index in [1.807, 2.05) is 36.9 Å². The van der Waals surface area contributed by atoms with Gasteiger partial charge in [0.1, 0.15) is 17.5 Å². The zero-order chi connectivity index (χ0) is 71.1. The van der Waals surface area contributed by atoms with Crippen LogP contribution in [0.2, 0.25) is 51.4 Å². The van der Waals surface area contributed by atoms with Crippen LogP contribution >= 0.6 is 15.2 Å². The molecular weight excluding hydrogens is 1320 g/mol. The number of carbonyl (C=O) groups excluding carboxylic acids is 3. The van der Waals surface area contributed by atoms with E-state index in [1.54, 1.807) is 116 Å². The van der Waals surface area contributed by atoms with E-state index in [1.165, 1.54) is 0 Å². The first-order chi connectivity index (χ1) is 45.7. The summed E-state index contributed by atoms with van der Waals surface area (Å²) in [7, 11) is -6.44. The van der Waals surface area contributed by atoms with E-state index in [4.69, 9.17) is 46.6 Å². The maximum absolute atomic E-state index is 13.3. The van der Waals surface area contributed by atoms with Gasteiger partial charge in [-0.3, -0.25) is 9.59 Å². The molecule has 2 unspecified atom stereocenters. The normalized spacial score (nSPS) is 13.2. The molecular formula is C65H89N15O13P2Si2. The third-order valence-electron chi connectivity index (χ3n) is 14.6. The molecule has 32 heteroatoms. The van der Waals surface area contributed by atoms with Gasteiger partial charge in [-0.25, -0.2) is 38.7 Å². The van der Waals surface area contributed by atoms with Crippen molar-refractivity contribution in [3.63, 3.8) is 0 Å². The van der Waals surface area contributed by atoms with Crippen LogP contribution in [-0.2, 0) is 41.3 Å². The number of nitrogen functional groups attached to an aromatic ring is 4. The van der Waals surface area contributed by atoms with Crippen molar-refractivity contribution in [2.45, 2.75) is 116 Å². The summed E-state index contributed by atoms with van der Waals surface area (Å²) in [5.74, 6) is -1.18. The molecule has 4 atom stereocenters. The Morgan fingerprint density at radius 3 is 1.36 bits per heavy atom. The summed E-state index contributed by atoms with van der Waals surface area (Å²) in [6.45, 7) is 16.7. The van der Waals surface area contributed by atoms with Crippen molar-refractivity contribution >= 4 is 112 Å². The number of aromatic carboxylic acids is 1. The zero-order valence-electron chi connectivity index (χ0n) is 56.2. The molecule has 0 aliphatic carbocycles. The Morgan fingerprint density at radius 1 is 0.546 bits per heavy atom. The Labute approximate surface area is 566 Å². The van der Waals surface area contributed by atoms with Crippen LogP contribution in [0.1, 0.15) is 77.6 Å². The molecule has 28 nitrogen and oxygen atoms in total. The van der Waals surface area contributed by atoms with Gasteiger partial charge >= 0.3 is 33.1 Å². The molecule has 0 fully saturated rings. The van der Waals surface area contributed by atoms with Crippen LogP contribution < -0.4 is 47.1 Å². The number of unbranched alkanes of at least 4 members (excludes halogenated alkanes) is 2. The molecule has 4 aromatic carbocycles. The van der Waals surface area contributed by atoms with Gasteiger partial charge in [-0.15, -0.1) is 0 Å². The number of para-hydroxylation sites is 2. The number of nitrogens with one attached hydrogen (secondary N) is 1. The second kappa shape index (κ2) is 35.7. The smallest absolute Gasteiger partial charge is 0.376 e. The molecule has 8 rings (SSSR count). The SMILES string of the molecule is CN(Cc1cnc2nc(N)nc(N)c2n1)c1ccc(C(=O)N[C@@H](CCCCP(=O)(O)Oc2ccccc2)C(=O)OCC[Si](C)(C)C)cc1.CN(Cc1cnc2nc(N)nc(N)c2n1)c1ccc(C(=O)O)cc1.C[C@@H](CCCCP(=O)(O)Oc1ccccc1)C(=O)OCC[Si](C)(C)C. The minimum absolute atomic E-state index is 0.0244. The van der Waals surface area contributed by atoms with E-state index in [0.29, 0.717) is 103 Å². The number of hydrogen-bond acceptors (Lipinski definition) is 24. The summed E-state index contributed by atoms with van der Waals surface area (Å²) in [4.78, 5) is 106. The highest BCUT2D eigenvalue weighted by molar-refractivity contribution is 7.53. The Bertz CT molecular complexity index is 4010. The van der Waals surface area contributed by atoms with Gasteiger partial charge in [-0.1, -0.05) is 95.4 Å². The molecule has 97 heavy (non-hydrogen) atoms. The Morgan fingerprint density at radius 2 is 0.948 bits per heavy atom. The van der Waals surface area contributed by atoms with Gasteiger partial charge in [-0.05, 0) is 111 Å². The van der Waals surface area contributed by atoms with Gasteiger partial charge in [0.25, 0.3) is 5.91 Å². The number of ether oxygens (including phenoxy) is 2. The van der Waals surface area contributed by atoms with Crippen LogP contribution in [0.15, 0.2) is 122 Å². The number of hydrogen-bond donors (Lipinski definition) is 8. The van der Waals surface area contributed by atoms with Crippen LogP contribution in [-0.4, -0.2) is 140 Å². The van der Waals surface area contributed by atoms with Crippen LogP contribution in [0.4, 0.5) is 34.9 Å². The van der Waals surface area contributed by atoms with Gasteiger partial charge in [0.15, 0.2) is 34.0 Å². The Hall–Kier alpha value is -9.19. The van der Waals surface area contributed by atoms with Crippen LogP contribution in [0, 0.1) is 5.92 Å². The molecule has 0 radical (unpaired) electrons. The quantitative estimate of drug-likeness (QED) is 0.00866. The third kappa shape index (κ3) is 26.7. The molecule has 4 heterocycles. The molecule has 0 aliphatic heterocycles. The Kier molecular flexibility index (Phi) is 28.3. The molecule has 0 bridgehead atoms. The number of carbonyl (C=O) groups is 4. The maximum atomic E-state index is 13.3. The van der Waals surface area contributed by atoms with Gasteiger partial charge < -0.3 is 71.5 Å². The number of anilines is 6. The summed E-state index contributed by atoms with van der Waals surface area (Å²) >= 11 is 0. The first kappa shape index (κ1) is 76.8. The number of esters is 2. The van der Waals surface area contributed by atoms with E-state index in [0.717, 1.165) is 23.5 Å². The van der Waals surface area contributed by atoms with Gasteiger partial charge in [-0.2, -0.15) is 19.9 Å². The number of benzene rings is 4. The molecule has 0 saturated carbocycles. The topological polar surface area (TPSA) is 426 Å². The standard InChI is InChI=1S/C32H43N8O6PSi.C18H31O5PSi.C15H15N7O2/c1-40(21-23-20-35-29-27(36-23)28(33)38-32(34)39-29)24-15-13-22(14-16-24)30(41)37-26(31(42)45-17-19-48(2,3)4)12-8-9-18-47(43,44)46-25-10-6-5-7-11-25;1-16(18(19)22-13-15-25(2,3)4)10-8-9-14-24(20,21)23-17-11-6-5-7-12-17;1-22(10-4-2-8(3-5-10)14(23)24)7-9-6-18-13-11(19-9)12(16)20-15(17)21-13/h5-7,10-11,13-16,20,26H,8-9,12,17-19,21H2,1-4H3,(H,37,41)(H,43,44)(H4,33,34,35,38,39);5-7,11-12,16H,8-10,13-15H2,1-4H3,(H,20,21);2-6H,7H2,1H3,(H,23,24)(H4,16,17,18,20,21)/t26-;16-;/m00./s1. The summed E-state index contributed by atoms with van der Waals surface area (Å²) in [5, 5.41) is 11.7. The third-order valence-corrected chi connectivity index (χ3v) is 20.8. The van der Waals surface area contributed by atoms with E-state index in [2.05, 4.69) is 84.5 Å². The van der Waals surface area contributed by atoms with Crippen molar-refractivity contribution in [3.8, 4) is 11.5 Å². The monoisotopic (exact) mass is 1410 g/mol. The maximum Gasteiger partial charge on any atom is 0.376 e. The molecule has 0 spiro atoms. The lowest BCUT2D eigenvalue weighted by Gasteiger charge is -2.21. The van der Waals surface area contributed by atoms with Crippen LogP contribution in [0.5, 0.6) is 11.5 Å². The summed E-state index contributed by atoms with van der Waals surface area (Å²) < 4.78 is 45.9. The summed E-state index contributed by atoms with van der Waals surface area (Å²) in [6, 6.07) is 31.4. The molecule has 0 aliphatic rings. The van der Waals surface area contributed by atoms with E-state index in [9.17, 15) is 38.1 Å². The predicted molar refractivity (Wildman–Crippen MR) is 382 cm³/mol. The minimum atomic E-state index is -3.89. The van der Waals surface area contributed by atoms with Crippen molar-refractivity contribution in [3.05, 3.63) is 144 Å². The predicted octanol–water partition coefficient (Wildman–Crippen LogP) is 10.5. The fourth-order valence-electron chi connectivity index (χ4n) is 9.08. The average Bonchev–Trinajstić information content (AvgIpc) is 0.818. The number of carboxylic acids is 1. The van der Waals surface area contributed by atoms with Crippen molar-refractivity contribution in [1.29, 1.82) is 0 Å². The number of fused-ring (bicyclic) bond motifs is 2. The average molecular weight is 1410 g/mol. The van der Waals surface area contributed by atoms with Crippen molar-refractivity contribution in [2.75, 3.05) is 72.4 Å². The highest BCUT2D eigenvalue weighted by Gasteiger charge is 2.27. The summed E-state index contributed by atoms with van der Waals surface area (Å²) in [5.41, 5.74) is 27.9. The Balaban J connectivity index is 0.000000254. The molecule has 12 N–H and O–H groups in total. The summed E-state index contributed by atoms with van der Waals surface area (Å²) in [6.07, 6.45) is 5.98. The lowest BCUT2D eigenvalue weighted by Crippen LogP contribution is -2.42. The minimum Gasteiger partial charge on any atom is -0.478 e. The van der Waals surface area contributed by atoms with E-state index < -0.39 is 55.2 Å². The zero-order valence-corrected chi connectivity index (χ0v) is 60.0. The number of aromatic nitrogens is 8. The molecule has 8 aromatic rings. The molecule has 520 valence electrons. The number of nitrogens with two attached hydrogens (primary N) is 4. The second-order valence-corrected chi connectivity index (χ2v) is 40.6. The largest absolute Gasteiger partial charge is 0.478 e. The molecule has 0 saturated heterocycles. The van der Waals surface area contributed by atoms with Crippen molar-refractivity contribution < 1.29 is 61.7 Å². The fraction of sp³-hybridized carbons (Fsp3) is 0.385. The second-order valence-electron chi connectivity index (χ2n) is 25.5. The van der Waals surface area contributed by atoms with Crippen molar-refractivity contribution in [2.24, 2.45) is 5.92 Å². The number of amides is 1.